The molecule has 170 valence electrons. The number of nitrogens with one attached hydrogen (secondary N) is 1. The quantitative estimate of drug-likeness (QED) is 0.459. The highest BCUT2D eigenvalue weighted by Gasteiger charge is 2.43. The number of hydrogen-bond acceptors (Lipinski definition) is 7. The van der Waals surface area contributed by atoms with Crippen molar-refractivity contribution in [2.45, 2.75) is 6.29 Å². The van der Waals surface area contributed by atoms with Crippen LogP contribution in [0.4, 0.5) is 14.5 Å². The Morgan fingerprint density at radius 2 is 1.53 bits per heavy atom. The van der Waals surface area contributed by atoms with Crippen molar-refractivity contribution in [3.8, 4) is 11.5 Å². The standard InChI is InChI=1S/C24H13F2NO7/c25-24(26)33-17-9-8-12(10-18(17)34-24)27-19(28)11-32-23(31)16-7-3-6-15-20(16)22(30)14-5-2-1-4-13(14)21(15)29/h1-10H,11H2,(H,27,28). The number of alkyl halides is 2. The van der Waals surface area contributed by atoms with E-state index in [9.17, 15) is 28.0 Å². The van der Waals surface area contributed by atoms with Gasteiger partial charge in [0.1, 0.15) is 0 Å². The van der Waals surface area contributed by atoms with Crippen molar-refractivity contribution in [3.05, 3.63) is 88.5 Å². The molecule has 8 nitrogen and oxygen atoms in total. The zero-order valence-electron chi connectivity index (χ0n) is 17.1. The van der Waals surface area contributed by atoms with Crippen LogP contribution < -0.4 is 14.8 Å². The molecule has 3 aromatic carbocycles. The monoisotopic (exact) mass is 465 g/mol. The first-order chi connectivity index (χ1) is 16.2. The largest absolute Gasteiger partial charge is 0.586 e. The van der Waals surface area contributed by atoms with Crippen LogP contribution in [0.3, 0.4) is 0 Å². The average molecular weight is 465 g/mol. The minimum absolute atomic E-state index is 0.0692. The van der Waals surface area contributed by atoms with Gasteiger partial charge in [0.2, 0.25) is 0 Å². The summed E-state index contributed by atoms with van der Waals surface area (Å²) in [5, 5.41) is 2.38. The molecule has 5 rings (SSSR count). The topological polar surface area (TPSA) is 108 Å². The van der Waals surface area contributed by atoms with E-state index in [4.69, 9.17) is 4.74 Å². The van der Waals surface area contributed by atoms with E-state index in [1.165, 1.54) is 42.5 Å². The van der Waals surface area contributed by atoms with Gasteiger partial charge in [-0.05, 0) is 18.2 Å². The zero-order chi connectivity index (χ0) is 24.0. The first-order valence-corrected chi connectivity index (χ1v) is 9.92. The van der Waals surface area contributed by atoms with E-state index in [1.807, 2.05) is 0 Å². The van der Waals surface area contributed by atoms with E-state index >= 15 is 0 Å². The second-order valence-electron chi connectivity index (χ2n) is 7.39. The number of halogens is 2. The van der Waals surface area contributed by atoms with Crippen LogP contribution >= 0.6 is 0 Å². The summed E-state index contributed by atoms with van der Waals surface area (Å²) >= 11 is 0. The van der Waals surface area contributed by atoms with Crippen LogP contribution in [0.2, 0.25) is 0 Å². The molecular formula is C24H13F2NO7. The SMILES string of the molecule is O=C(COC(=O)c1cccc2c1C(=O)c1ccccc1C2=O)Nc1ccc2c(c1)OC(F)(F)O2. The van der Waals surface area contributed by atoms with Gasteiger partial charge in [0.15, 0.2) is 29.7 Å². The summed E-state index contributed by atoms with van der Waals surface area (Å²) in [6.07, 6.45) is -3.80. The van der Waals surface area contributed by atoms with Gasteiger partial charge in [-0.2, -0.15) is 0 Å². The molecule has 1 amide bonds. The number of amides is 1. The van der Waals surface area contributed by atoms with Gasteiger partial charge in [-0.25, -0.2) is 4.79 Å². The maximum absolute atomic E-state index is 13.1. The molecule has 1 N–H and O–H groups in total. The van der Waals surface area contributed by atoms with Crippen LogP contribution in [0, 0.1) is 0 Å². The highest BCUT2D eigenvalue weighted by atomic mass is 19.3. The van der Waals surface area contributed by atoms with Crippen molar-refractivity contribution in [2.75, 3.05) is 11.9 Å². The van der Waals surface area contributed by atoms with Gasteiger partial charge in [-0.3, -0.25) is 14.4 Å². The van der Waals surface area contributed by atoms with Crippen molar-refractivity contribution < 1.29 is 42.2 Å². The third-order valence-corrected chi connectivity index (χ3v) is 5.19. The lowest BCUT2D eigenvalue weighted by atomic mass is 9.82. The first kappa shape index (κ1) is 21.3. The number of fused-ring (bicyclic) bond motifs is 3. The maximum atomic E-state index is 13.1. The van der Waals surface area contributed by atoms with Crippen LogP contribution in [0.15, 0.2) is 60.7 Å². The summed E-state index contributed by atoms with van der Waals surface area (Å²) in [7, 11) is 0. The fourth-order valence-corrected chi connectivity index (χ4v) is 3.75. The molecule has 0 unspecified atom stereocenters. The molecule has 0 bridgehead atoms. The van der Waals surface area contributed by atoms with Gasteiger partial charge in [-0.15, -0.1) is 8.78 Å². The minimum atomic E-state index is -3.80. The highest BCUT2D eigenvalue weighted by Crippen LogP contribution is 2.42. The minimum Gasteiger partial charge on any atom is -0.452 e. The van der Waals surface area contributed by atoms with E-state index in [-0.39, 0.29) is 45.0 Å². The van der Waals surface area contributed by atoms with Crippen molar-refractivity contribution >= 4 is 29.1 Å². The van der Waals surface area contributed by atoms with Gasteiger partial charge >= 0.3 is 12.3 Å². The second kappa shape index (κ2) is 7.77. The van der Waals surface area contributed by atoms with Crippen molar-refractivity contribution in [3.63, 3.8) is 0 Å². The van der Waals surface area contributed by atoms with Crippen LogP contribution in [0.25, 0.3) is 0 Å². The van der Waals surface area contributed by atoms with Crippen LogP contribution in [0.1, 0.15) is 42.2 Å². The highest BCUT2D eigenvalue weighted by molar-refractivity contribution is 6.30. The Morgan fingerprint density at radius 1 is 0.853 bits per heavy atom. The first-order valence-electron chi connectivity index (χ1n) is 9.92. The number of hydrogen-bond donors (Lipinski definition) is 1. The maximum Gasteiger partial charge on any atom is 0.586 e. The number of rotatable bonds is 4. The molecule has 0 radical (unpaired) electrons. The van der Waals surface area contributed by atoms with Crippen LogP contribution in [-0.2, 0) is 9.53 Å². The van der Waals surface area contributed by atoms with E-state index in [0.717, 1.165) is 6.07 Å². The Labute approximate surface area is 190 Å². The van der Waals surface area contributed by atoms with Crippen LogP contribution in [-0.4, -0.2) is 36.3 Å². The molecule has 1 aliphatic carbocycles. The lowest BCUT2D eigenvalue weighted by Crippen LogP contribution is -2.26. The van der Waals surface area contributed by atoms with Gasteiger partial charge in [-0.1, -0.05) is 36.4 Å². The Morgan fingerprint density at radius 3 is 2.29 bits per heavy atom. The Hall–Kier alpha value is -4.60. The molecule has 10 heteroatoms. The van der Waals surface area contributed by atoms with Gasteiger partial charge < -0.3 is 19.5 Å². The van der Waals surface area contributed by atoms with E-state index in [0.29, 0.717) is 0 Å². The predicted octanol–water partition coefficient (Wildman–Crippen LogP) is 3.58. The lowest BCUT2D eigenvalue weighted by Gasteiger charge is -2.19. The lowest BCUT2D eigenvalue weighted by molar-refractivity contribution is -0.286. The molecular weight excluding hydrogens is 452 g/mol. The van der Waals surface area contributed by atoms with Gasteiger partial charge in [0, 0.05) is 34.0 Å². The number of carbonyl (C=O) groups excluding carboxylic acids is 4. The second-order valence-corrected chi connectivity index (χ2v) is 7.39. The molecule has 3 aromatic rings. The summed E-state index contributed by atoms with van der Waals surface area (Å²) in [6, 6.07) is 14.1. The van der Waals surface area contributed by atoms with E-state index in [1.54, 1.807) is 12.1 Å². The molecule has 34 heavy (non-hydrogen) atoms. The third-order valence-electron chi connectivity index (χ3n) is 5.19. The summed E-state index contributed by atoms with van der Waals surface area (Å²) < 4.78 is 39.9. The third kappa shape index (κ3) is 3.64. The van der Waals surface area contributed by atoms with Crippen molar-refractivity contribution in [2.24, 2.45) is 0 Å². The molecule has 1 heterocycles. The molecule has 0 spiro atoms. The summed E-state index contributed by atoms with van der Waals surface area (Å²) in [5.41, 5.74) is 0.352. The van der Waals surface area contributed by atoms with E-state index < -0.39 is 36.3 Å². The molecule has 0 atom stereocenters. The summed E-state index contributed by atoms with van der Waals surface area (Å²) in [6.45, 7) is -0.730. The average Bonchev–Trinajstić information content (AvgIpc) is 3.13. The fourth-order valence-electron chi connectivity index (χ4n) is 3.75. The smallest absolute Gasteiger partial charge is 0.452 e. The molecule has 0 saturated heterocycles. The van der Waals surface area contributed by atoms with E-state index in [2.05, 4.69) is 14.8 Å². The summed E-state index contributed by atoms with van der Waals surface area (Å²) in [4.78, 5) is 50.7. The van der Waals surface area contributed by atoms with Gasteiger partial charge in [0.05, 0.1) is 5.56 Å². The number of esters is 1. The molecule has 1 aliphatic heterocycles. The molecule has 2 aliphatic rings. The Bertz CT molecular complexity index is 1400. The molecule has 0 aromatic heterocycles. The molecule has 0 fully saturated rings. The number of ether oxygens (including phenoxy) is 3. The normalized spacial score (nSPS) is 14.8. The Balaban J connectivity index is 1.30. The number of benzene rings is 3. The number of ketones is 2. The Kier molecular flexibility index (Phi) is 4.85. The summed E-state index contributed by atoms with van der Waals surface area (Å²) in [5.74, 6) is -3.09. The number of anilines is 1. The van der Waals surface area contributed by atoms with Gasteiger partial charge in [0.25, 0.3) is 5.91 Å². The fraction of sp³-hybridized carbons (Fsp3) is 0.0833. The van der Waals surface area contributed by atoms with Crippen molar-refractivity contribution in [1.82, 2.24) is 0 Å². The van der Waals surface area contributed by atoms with Crippen molar-refractivity contribution in [1.29, 1.82) is 0 Å². The predicted molar refractivity (Wildman–Crippen MR) is 111 cm³/mol. The molecule has 0 saturated carbocycles. The zero-order valence-corrected chi connectivity index (χ0v) is 17.1. The number of carbonyl (C=O) groups is 4. The van der Waals surface area contributed by atoms with Crippen LogP contribution in [0.5, 0.6) is 11.5 Å².